The van der Waals surface area contributed by atoms with E-state index in [-0.39, 0.29) is 6.17 Å². The Morgan fingerprint density at radius 1 is 1.38 bits per heavy atom. The number of nitrogens with one attached hydrogen (secondary N) is 1. The Hall–Kier alpha value is -2.80. The van der Waals surface area contributed by atoms with Crippen LogP contribution in [0.1, 0.15) is 5.82 Å². The van der Waals surface area contributed by atoms with Crippen molar-refractivity contribution in [1.29, 1.82) is 0 Å². The van der Waals surface area contributed by atoms with Crippen LogP contribution in [0.3, 0.4) is 0 Å². The molecule has 122 valence electrons. The van der Waals surface area contributed by atoms with Crippen molar-refractivity contribution in [3.63, 3.8) is 0 Å². The maximum absolute atomic E-state index is 5.36. The van der Waals surface area contributed by atoms with Gasteiger partial charge in [-0.2, -0.15) is 0 Å². The number of nitrogens with zero attached hydrogens (tertiary/aromatic N) is 4. The van der Waals surface area contributed by atoms with Crippen molar-refractivity contribution in [1.82, 2.24) is 20.0 Å². The number of imidazole rings is 1. The van der Waals surface area contributed by atoms with Crippen LogP contribution >= 0.6 is 11.3 Å². The number of methoxy groups -OCH3 is 1. The molecule has 4 heterocycles. The number of hydrogen-bond acceptors (Lipinski definition) is 6. The van der Waals surface area contributed by atoms with E-state index in [1.165, 1.54) is 4.88 Å². The fraction of sp³-hybridized carbons (Fsp3) is 0.176. The van der Waals surface area contributed by atoms with E-state index >= 15 is 0 Å². The zero-order valence-electron chi connectivity index (χ0n) is 13.4. The van der Waals surface area contributed by atoms with Gasteiger partial charge in [-0.15, -0.1) is 11.3 Å². The first kappa shape index (κ1) is 14.8. The Morgan fingerprint density at radius 3 is 3.08 bits per heavy atom. The maximum Gasteiger partial charge on any atom is 0.198 e. The molecule has 6 nitrogen and oxygen atoms in total. The molecule has 24 heavy (non-hydrogen) atoms. The number of aryl methyl sites for hydroxylation is 1. The minimum absolute atomic E-state index is 0.150. The topological polar surface area (TPSA) is 54.7 Å². The van der Waals surface area contributed by atoms with E-state index in [0.717, 1.165) is 23.1 Å². The molecule has 1 unspecified atom stereocenters. The summed E-state index contributed by atoms with van der Waals surface area (Å²) in [4.78, 5) is 10.5. The maximum atomic E-state index is 5.36. The van der Waals surface area contributed by atoms with Gasteiger partial charge in [-0.1, -0.05) is 6.07 Å². The van der Waals surface area contributed by atoms with Crippen molar-refractivity contribution >= 4 is 23.2 Å². The van der Waals surface area contributed by atoms with Crippen LogP contribution in [-0.4, -0.2) is 33.7 Å². The van der Waals surface area contributed by atoms with Gasteiger partial charge in [0.25, 0.3) is 0 Å². The quantitative estimate of drug-likeness (QED) is 0.931. The zero-order chi connectivity index (χ0) is 16.5. The molecule has 2 aliphatic rings. The third kappa shape index (κ3) is 2.63. The number of fused-ring (bicyclic) bond motifs is 1. The normalized spacial score (nSPS) is 19.2. The van der Waals surface area contributed by atoms with Gasteiger partial charge in [0.05, 0.1) is 17.7 Å². The summed E-state index contributed by atoms with van der Waals surface area (Å²) in [6.07, 6.45) is 11.6. The van der Waals surface area contributed by atoms with Crippen LogP contribution in [-0.2, 0) is 11.8 Å². The Labute approximate surface area is 144 Å². The third-order valence-electron chi connectivity index (χ3n) is 3.84. The minimum Gasteiger partial charge on any atom is -0.497 e. The average molecular weight is 339 g/mol. The first-order valence-electron chi connectivity index (χ1n) is 7.55. The number of allylic oxidation sites excluding steroid dienone is 2. The monoisotopic (exact) mass is 339 g/mol. The van der Waals surface area contributed by atoms with Gasteiger partial charge in [-0.05, 0) is 35.8 Å². The van der Waals surface area contributed by atoms with Gasteiger partial charge in [0.1, 0.15) is 17.4 Å². The summed E-state index contributed by atoms with van der Waals surface area (Å²) >= 11 is 1.69. The molecule has 0 aliphatic carbocycles. The van der Waals surface area contributed by atoms with Crippen LogP contribution < -0.4 is 5.43 Å². The number of thiophene rings is 1. The summed E-state index contributed by atoms with van der Waals surface area (Å²) < 4.78 is 7.37. The van der Waals surface area contributed by atoms with Gasteiger partial charge < -0.3 is 9.30 Å². The molecule has 0 aromatic carbocycles. The lowest BCUT2D eigenvalue weighted by atomic mass is 10.3. The van der Waals surface area contributed by atoms with Crippen LogP contribution in [0.5, 0.6) is 0 Å². The molecular formula is C17H17N5OS. The highest BCUT2D eigenvalue weighted by molar-refractivity contribution is 7.13. The number of rotatable bonds is 4. The van der Waals surface area contributed by atoms with E-state index in [0.29, 0.717) is 0 Å². The molecule has 0 radical (unpaired) electrons. The molecule has 0 amide bonds. The van der Waals surface area contributed by atoms with Gasteiger partial charge in [0.15, 0.2) is 6.17 Å². The number of ether oxygens (including phenoxy) is 1. The van der Waals surface area contributed by atoms with Crippen molar-refractivity contribution in [3.05, 3.63) is 59.7 Å². The molecule has 0 saturated carbocycles. The van der Waals surface area contributed by atoms with Crippen LogP contribution in [0.25, 0.3) is 16.6 Å². The first-order chi connectivity index (χ1) is 11.7. The number of amidine groups is 1. The molecule has 0 bridgehead atoms. The molecule has 0 saturated heterocycles. The lowest BCUT2D eigenvalue weighted by molar-refractivity contribution is 0.188. The smallest absolute Gasteiger partial charge is 0.198 e. The summed E-state index contributed by atoms with van der Waals surface area (Å²) in [6, 6.07) is 4.11. The largest absolute Gasteiger partial charge is 0.497 e. The van der Waals surface area contributed by atoms with E-state index in [1.54, 1.807) is 18.4 Å². The summed E-state index contributed by atoms with van der Waals surface area (Å²) in [7, 11) is 3.65. The molecule has 2 aromatic heterocycles. The SMILES string of the molecule is COC1=CC=CN2NC(/C=C\c3nc(-c4cccs4)cn3C)=NC12. The predicted molar refractivity (Wildman–Crippen MR) is 96.0 cm³/mol. The Kier molecular flexibility index (Phi) is 3.70. The number of aliphatic imine (C=N–C) groups is 1. The fourth-order valence-corrected chi connectivity index (χ4v) is 3.32. The van der Waals surface area contributed by atoms with Crippen LogP contribution in [0.15, 0.2) is 58.9 Å². The molecule has 0 spiro atoms. The highest BCUT2D eigenvalue weighted by Crippen LogP contribution is 2.24. The highest BCUT2D eigenvalue weighted by Gasteiger charge is 2.28. The second-order valence-corrected chi connectivity index (χ2v) is 6.38. The Balaban J connectivity index is 1.54. The van der Waals surface area contributed by atoms with Crippen molar-refractivity contribution in [2.75, 3.05) is 7.11 Å². The molecule has 2 aromatic rings. The minimum atomic E-state index is -0.150. The summed E-state index contributed by atoms with van der Waals surface area (Å²) in [5, 5.41) is 3.97. The van der Waals surface area contributed by atoms with E-state index in [2.05, 4.69) is 26.8 Å². The molecule has 1 atom stereocenters. The van der Waals surface area contributed by atoms with E-state index in [9.17, 15) is 0 Å². The van der Waals surface area contributed by atoms with Crippen LogP contribution in [0.4, 0.5) is 0 Å². The van der Waals surface area contributed by atoms with Crippen molar-refractivity contribution in [3.8, 4) is 10.6 Å². The third-order valence-corrected chi connectivity index (χ3v) is 4.73. The van der Waals surface area contributed by atoms with Gasteiger partial charge in [-0.3, -0.25) is 10.4 Å². The number of hydrazine groups is 1. The lowest BCUT2D eigenvalue weighted by Gasteiger charge is -2.24. The molecule has 4 rings (SSSR count). The first-order valence-corrected chi connectivity index (χ1v) is 8.43. The number of hydrogen-bond donors (Lipinski definition) is 1. The van der Waals surface area contributed by atoms with Crippen molar-refractivity contribution in [2.24, 2.45) is 12.0 Å². The van der Waals surface area contributed by atoms with Gasteiger partial charge in [0, 0.05) is 19.4 Å². The van der Waals surface area contributed by atoms with Crippen LogP contribution in [0.2, 0.25) is 0 Å². The van der Waals surface area contributed by atoms with Gasteiger partial charge in [0.2, 0.25) is 0 Å². The van der Waals surface area contributed by atoms with Crippen molar-refractivity contribution < 1.29 is 4.74 Å². The van der Waals surface area contributed by atoms with E-state index in [1.807, 2.05) is 59.4 Å². The number of aromatic nitrogens is 2. The fourth-order valence-electron chi connectivity index (χ4n) is 2.64. The summed E-state index contributed by atoms with van der Waals surface area (Å²) in [5.41, 5.74) is 4.22. The second-order valence-electron chi connectivity index (χ2n) is 5.43. The summed E-state index contributed by atoms with van der Waals surface area (Å²) in [6.45, 7) is 0. The lowest BCUT2D eigenvalue weighted by Crippen LogP contribution is -2.38. The Morgan fingerprint density at radius 2 is 2.29 bits per heavy atom. The average Bonchev–Trinajstić information content (AvgIpc) is 3.31. The molecule has 2 aliphatic heterocycles. The highest BCUT2D eigenvalue weighted by atomic mass is 32.1. The van der Waals surface area contributed by atoms with E-state index < -0.39 is 0 Å². The van der Waals surface area contributed by atoms with Crippen molar-refractivity contribution in [2.45, 2.75) is 6.17 Å². The predicted octanol–water partition coefficient (Wildman–Crippen LogP) is 2.76. The molecule has 1 N–H and O–H groups in total. The van der Waals surface area contributed by atoms with Gasteiger partial charge in [-0.25, -0.2) is 9.98 Å². The van der Waals surface area contributed by atoms with Crippen LogP contribution in [0, 0.1) is 0 Å². The van der Waals surface area contributed by atoms with E-state index in [4.69, 9.17) is 4.74 Å². The summed E-state index contributed by atoms with van der Waals surface area (Å²) in [5.74, 6) is 2.46. The molecule has 7 heteroatoms. The zero-order valence-corrected chi connectivity index (χ0v) is 14.2. The molecule has 0 fully saturated rings. The molecular weight excluding hydrogens is 322 g/mol. The second kappa shape index (κ2) is 6.01. The Bertz CT molecular complexity index is 860. The standard InChI is InChI=1S/C17H17N5OS/c1-21-11-12(14-6-4-10-24-14)18-16(21)8-7-15-19-17-13(23-2)5-3-9-22(17)20-15/h3-11,17H,1-2H3,(H,19,20)/b8-7-. The van der Waals surface area contributed by atoms with Gasteiger partial charge >= 0.3 is 0 Å².